The monoisotopic (exact) mass is 112 g/mol. The van der Waals surface area contributed by atoms with Crippen molar-refractivity contribution in [2.45, 2.75) is 31.8 Å². The van der Waals surface area contributed by atoms with Crippen molar-refractivity contribution in [3.63, 3.8) is 0 Å². The Hall–Kier alpha value is -0.0400. The van der Waals surface area contributed by atoms with Crippen molar-refractivity contribution < 1.29 is 5.11 Å². The number of aliphatic hydroxyl groups is 1. The van der Waals surface area contributed by atoms with Gasteiger partial charge in [-0.05, 0) is 38.5 Å². The smallest absolute Gasteiger partial charge is 0.0545 e. The molecule has 0 atom stereocenters. The molecule has 1 rings (SSSR count). The van der Waals surface area contributed by atoms with Gasteiger partial charge in [-0.3, -0.25) is 0 Å². The third kappa shape index (κ3) is 1.83. The van der Waals surface area contributed by atoms with Gasteiger partial charge in [-0.1, -0.05) is 0 Å². The van der Waals surface area contributed by atoms with Crippen LogP contribution in [0.1, 0.15) is 25.7 Å². The molecule has 1 aliphatic rings. The lowest BCUT2D eigenvalue weighted by Crippen LogP contribution is -2.02. The Balaban J connectivity index is 2.17. The van der Waals surface area contributed by atoms with Crippen molar-refractivity contribution in [3.05, 3.63) is 12.8 Å². The van der Waals surface area contributed by atoms with Crippen LogP contribution in [-0.2, 0) is 0 Å². The zero-order chi connectivity index (χ0) is 5.82. The third-order valence-electron chi connectivity index (χ3n) is 1.45. The maximum absolute atomic E-state index is 9.03. The second-order valence-corrected chi connectivity index (χ2v) is 2.28. The van der Waals surface area contributed by atoms with Gasteiger partial charge in [0.1, 0.15) is 0 Å². The largest absolute Gasteiger partial charge is 0.393 e. The molecule has 0 amide bonds. The van der Waals surface area contributed by atoms with Crippen molar-refractivity contribution >= 4 is 0 Å². The highest BCUT2D eigenvalue weighted by molar-refractivity contribution is 4.82. The summed E-state index contributed by atoms with van der Waals surface area (Å²) in [7, 11) is 0. The zero-order valence-corrected chi connectivity index (χ0v) is 5.01. The SMILES string of the molecule is OC1C[CH]CC[CH]C1. The van der Waals surface area contributed by atoms with E-state index in [0.29, 0.717) is 0 Å². The first-order valence-electron chi connectivity index (χ1n) is 3.21. The molecule has 0 saturated heterocycles. The summed E-state index contributed by atoms with van der Waals surface area (Å²) in [5, 5.41) is 9.03. The lowest BCUT2D eigenvalue weighted by molar-refractivity contribution is 0.175. The summed E-state index contributed by atoms with van der Waals surface area (Å²) in [5.41, 5.74) is 0. The van der Waals surface area contributed by atoms with E-state index in [4.69, 9.17) is 5.11 Å². The van der Waals surface area contributed by atoms with Crippen LogP contribution in [0.4, 0.5) is 0 Å². The van der Waals surface area contributed by atoms with E-state index in [2.05, 4.69) is 12.8 Å². The lowest BCUT2D eigenvalue weighted by Gasteiger charge is -2.01. The Morgan fingerprint density at radius 3 is 2.12 bits per heavy atom. The van der Waals surface area contributed by atoms with Gasteiger partial charge in [-0.2, -0.15) is 0 Å². The van der Waals surface area contributed by atoms with E-state index in [0.717, 1.165) is 25.7 Å². The fourth-order valence-corrected chi connectivity index (χ4v) is 0.952. The molecular weight excluding hydrogens is 100 g/mol. The van der Waals surface area contributed by atoms with Crippen LogP contribution in [0.3, 0.4) is 0 Å². The molecule has 8 heavy (non-hydrogen) atoms. The number of aliphatic hydroxyl groups excluding tert-OH is 1. The Kier molecular flexibility index (Phi) is 2.34. The van der Waals surface area contributed by atoms with Crippen LogP contribution >= 0.6 is 0 Å². The summed E-state index contributed by atoms with van der Waals surface area (Å²) in [6.07, 6.45) is 8.31. The molecule has 0 bridgehead atoms. The molecule has 46 valence electrons. The molecule has 1 fully saturated rings. The van der Waals surface area contributed by atoms with Crippen molar-refractivity contribution in [1.82, 2.24) is 0 Å². The molecule has 2 radical (unpaired) electrons. The Labute approximate surface area is 50.7 Å². The molecule has 0 unspecified atom stereocenters. The molecule has 0 heterocycles. The second-order valence-electron chi connectivity index (χ2n) is 2.28. The molecule has 0 aromatic heterocycles. The molecule has 0 aliphatic heterocycles. The van der Waals surface area contributed by atoms with Crippen LogP contribution < -0.4 is 0 Å². The van der Waals surface area contributed by atoms with Crippen LogP contribution in [0, 0.1) is 12.8 Å². The summed E-state index contributed by atoms with van der Waals surface area (Å²) in [6.45, 7) is 0. The van der Waals surface area contributed by atoms with E-state index >= 15 is 0 Å². The lowest BCUT2D eigenvalue weighted by atomic mass is 10.2. The summed E-state index contributed by atoms with van der Waals surface area (Å²) in [4.78, 5) is 0. The Morgan fingerprint density at radius 2 is 1.62 bits per heavy atom. The molecule has 0 aromatic rings. The van der Waals surface area contributed by atoms with Gasteiger partial charge in [0.05, 0.1) is 6.10 Å². The normalized spacial score (nSPS) is 25.1. The topological polar surface area (TPSA) is 20.2 Å². The molecule has 0 aromatic carbocycles. The molecule has 1 nitrogen and oxygen atoms in total. The fourth-order valence-electron chi connectivity index (χ4n) is 0.952. The second kappa shape index (κ2) is 3.08. The standard InChI is InChI=1S/C7H12O/c8-7-5-3-1-2-4-6-7/h3-4,7-8H,1-2,5-6H2. The quantitative estimate of drug-likeness (QED) is 0.469. The van der Waals surface area contributed by atoms with Gasteiger partial charge in [0.2, 0.25) is 0 Å². The summed E-state index contributed by atoms with van der Waals surface area (Å²) in [6, 6.07) is 0. The van der Waals surface area contributed by atoms with E-state index in [1.165, 1.54) is 0 Å². The highest BCUT2D eigenvalue weighted by Gasteiger charge is 2.07. The van der Waals surface area contributed by atoms with E-state index in [-0.39, 0.29) is 6.10 Å². The first-order chi connectivity index (χ1) is 3.89. The average molecular weight is 112 g/mol. The molecule has 1 aliphatic carbocycles. The summed E-state index contributed by atoms with van der Waals surface area (Å²) in [5.74, 6) is 0. The molecular formula is C7H12O. The van der Waals surface area contributed by atoms with Crippen LogP contribution in [0.2, 0.25) is 0 Å². The zero-order valence-electron chi connectivity index (χ0n) is 5.01. The maximum atomic E-state index is 9.03. The maximum Gasteiger partial charge on any atom is 0.0545 e. The molecule has 1 saturated carbocycles. The van der Waals surface area contributed by atoms with Crippen LogP contribution in [0.25, 0.3) is 0 Å². The average Bonchev–Trinajstić information content (AvgIpc) is 1.94. The van der Waals surface area contributed by atoms with Crippen molar-refractivity contribution in [2.75, 3.05) is 0 Å². The first kappa shape index (κ1) is 6.09. The van der Waals surface area contributed by atoms with Crippen LogP contribution in [0.5, 0.6) is 0 Å². The van der Waals surface area contributed by atoms with Crippen LogP contribution in [0.15, 0.2) is 0 Å². The predicted octanol–water partition coefficient (Wildman–Crippen LogP) is 1.33. The summed E-state index contributed by atoms with van der Waals surface area (Å²) < 4.78 is 0. The minimum Gasteiger partial charge on any atom is -0.393 e. The first-order valence-corrected chi connectivity index (χ1v) is 3.21. The number of hydrogen-bond acceptors (Lipinski definition) is 1. The minimum atomic E-state index is -0.0856. The highest BCUT2D eigenvalue weighted by Crippen LogP contribution is 2.14. The van der Waals surface area contributed by atoms with Gasteiger partial charge in [0.25, 0.3) is 0 Å². The van der Waals surface area contributed by atoms with Gasteiger partial charge in [-0.15, -0.1) is 0 Å². The number of rotatable bonds is 0. The molecule has 0 spiro atoms. The van der Waals surface area contributed by atoms with Gasteiger partial charge in [0.15, 0.2) is 0 Å². The Morgan fingerprint density at radius 1 is 1.12 bits per heavy atom. The number of hydrogen-bond donors (Lipinski definition) is 1. The predicted molar refractivity (Wildman–Crippen MR) is 33.1 cm³/mol. The highest BCUT2D eigenvalue weighted by atomic mass is 16.3. The van der Waals surface area contributed by atoms with E-state index < -0.39 is 0 Å². The fraction of sp³-hybridized carbons (Fsp3) is 0.714. The van der Waals surface area contributed by atoms with Gasteiger partial charge in [-0.25, -0.2) is 0 Å². The third-order valence-corrected chi connectivity index (χ3v) is 1.45. The summed E-state index contributed by atoms with van der Waals surface area (Å²) >= 11 is 0. The molecule has 1 N–H and O–H groups in total. The van der Waals surface area contributed by atoms with Gasteiger partial charge >= 0.3 is 0 Å². The Bertz CT molecular complexity index is 53.4. The van der Waals surface area contributed by atoms with Crippen molar-refractivity contribution in [2.24, 2.45) is 0 Å². The van der Waals surface area contributed by atoms with E-state index in [1.54, 1.807) is 0 Å². The van der Waals surface area contributed by atoms with Crippen LogP contribution in [-0.4, -0.2) is 11.2 Å². The van der Waals surface area contributed by atoms with Gasteiger partial charge in [0, 0.05) is 0 Å². The van der Waals surface area contributed by atoms with Gasteiger partial charge < -0.3 is 5.11 Å². The molecule has 1 heteroatoms. The van der Waals surface area contributed by atoms with E-state index in [1.807, 2.05) is 0 Å². The van der Waals surface area contributed by atoms with E-state index in [9.17, 15) is 0 Å². The minimum absolute atomic E-state index is 0.0856. The van der Waals surface area contributed by atoms with Crippen molar-refractivity contribution in [3.8, 4) is 0 Å². The van der Waals surface area contributed by atoms with Crippen molar-refractivity contribution in [1.29, 1.82) is 0 Å².